The van der Waals surface area contributed by atoms with Gasteiger partial charge in [0.25, 0.3) is 0 Å². The second-order valence-electron chi connectivity index (χ2n) is 5.72. The Labute approximate surface area is 121 Å². The molecule has 116 valence electrons. The maximum Gasteiger partial charge on any atom is 0.308 e. The zero-order valence-electron chi connectivity index (χ0n) is 12.9. The molecule has 0 bridgehead atoms. The molecule has 20 heavy (non-hydrogen) atoms. The number of nitrogens with two attached hydrogens (primary N) is 1. The fourth-order valence-electron chi connectivity index (χ4n) is 2.54. The van der Waals surface area contributed by atoms with Crippen LogP contribution in [-0.2, 0) is 14.3 Å². The molecule has 1 saturated carbocycles. The third-order valence-corrected chi connectivity index (χ3v) is 4.25. The number of rotatable bonds is 6. The summed E-state index contributed by atoms with van der Waals surface area (Å²) in [5.74, 6) is 0.00438. The van der Waals surface area contributed by atoms with Crippen molar-refractivity contribution >= 4 is 11.9 Å². The van der Waals surface area contributed by atoms with Gasteiger partial charge >= 0.3 is 5.97 Å². The van der Waals surface area contributed by atoms with Crippen LogP contribution in [0.2, 0.25) is 0 Å². The molecule has 0 heterocycles. The molecule has 1 amide bonds. The number of hydrogen-bond acceptors (Lipinski definition) is 4. The predicted octanol–water partition coefficient (Wildman–Crippen LogP) is 1.60. The van der Waals surface area contributed by atoms with Crippen LogP contribution in [0.4, 0.5) is 0 Å². The first-order valence-corrected chi connectivity index (χ1v) is 7.72. The smallest absolute Gasteiger partial charge is 0.308 e. The Hall–Kier alpha value is -1.10. The molecule has 0 radical (unpaired) electrons. The minimum absolute atomic E-state index is 0.00802. The number of nitrogens with one attached hydrogen (secondary N) is 1. The van der Waals surface area contributed by atoms with Crippen molar-refractivity contribution in [3.63, 3.8) is 0 Å². The Morgan fingerprint density at radius 1 is 1.25 bits per heavy atom. The first kappa shape index (κ1) is 17.0. The lowest BCUT2D eigenvalue weighted by atomic mass is 9.85. The number of carbonyl (C=O) groups excluding carboxylic acids is 2. The fourth-order valence-corrected chi connectivity index (χ4v) is 2.54. The van der Waals surface area contributed by atoms with Gasteiger partial charge in [0.2, 0.25) is 5.91 Å². The van der Waals surface area contributed by atoms with Gasteiger partial charge in [0.1, 0.15) is 0 Å². The molecule has 1 aliphatic carbocycles. The lowest BCUT2D eigenvalue weighted by Gasteiger charge is -2.29. The SMILES string of the molecule is CCOC(=O)C1CCC(NC(=O)C(N)C(C)CC)CC1. The fraction of sp³-hybridized carbons (Fsp3) is 0.867. The number of esters is 1. The lowest BCUT2D eigenvalue weighted by Crippen LogP contribution is -2.49. The summed E-state index contributed by atoms with van der Waals surface area (Å²) in [6.07, 6.45) is 4.10. The molecule has 0 aliphatic heterocycles. The summed E-state index contributed by atoms with van der Waals surface area (Å²) in [4.78, 5) is 23.6. The van der Waals surface area contributed by atoms with Crippen molar-refractivity contribution in [3.8, 4) is 0 Å². The first-order valence-electron chi connectivity index (χ1n) is 7.72. The van der Waals surface area contributed by atoms with E-state index < -0.39 is 6.04 Å². The molecule has 0 aromatic rings. The normalized spacial score (nSPS) is 25.6. The van der Waals surface area contributed by atoms with Crippen LogP contribution < -0.4 is 11.1 Å². The van der Waals surface area contributed by atoms with Crippen LogP contribution in [0.15, 0.2) is 0 Å². The monoisotopic (exact) mass is 284 g/mol. The van der Waals surface area contributed by atoms with E-state index in [1.165, 1.54) is 0 Å². The molecule has 1 rings (SSSR count). The summed E-state index contributed by atoms with van der Waals surface area (Å²) in [7, 11) is 0. The molecule has 1 aliphatic rings. The summed E-state index contributed by atoms with van der Waals surface area (Å²) in [5, 5.41) is 3.01. The Balaban J connectivity index is 2.35. The van der Waals surface area contributed by atoms with E-state index in [2.05, 4.69) is 5.32 Å². The molecule has 5 nitrogen and oxygen atoms in total. The van der Waals surface area contributed by atoms with Crippen LogP contribution in [0.5, 0.6) is 0 Å². The number of ether oxygens (including phenoxy) is 1. The average Bonchev–Trinajstić information content (AvgIpc) is 2.46. The van der Waals surface area contributed by atoms with Gasteiger partial charge in [-0.15, -0.1) is 0 Å². The van der Waals surface area contributed by atoms with E-state index in [1.807, 2.05) is 20.8 Å². The molecule has 1 fully saturated rings. The molecular weight excluding hydrogens is 256 g/mol. The Bertz CT molecular complexity index is 325. The zero-order valence-corrected chi connectivity index (χ0v) is 12.9. The van der Waals surface area contributed by atoms with Crippen molar-refractivity contribution in [2.75, 3.05) is 6.61 Å². The van der Waals surface area contributed by atoms with Crippen molar-refractivity contribution in [1.82, 2.24) is 5.32 Å². The van der Waals surface area contributed by atoms with E-state index in [4.69, 9.17) is 10.5 Å². The van der Waals surface area contributed by atoms with Gasteiger partial charge in [-0.3, -0.25) is 9.59 Å². The predicted molar refractivity (Wildman–Crippen MR) is 78.0 cm³/mol. The molecule has 2 atom stereocenters. The summed E-state index contributed by atoms with van der Waals surface area (Å²) in [6, 6.07) is -0.300. The minimum atomic E-state index is -0.442. The third-order valence-electron chi connectivity index (χ3n) is 4.25. The van der Waals surface area contributed by atoms with Crippen molar-refractivity contribution in [3.05, 3.63) is 0 Å². The van der Waals surface area contributed by atoms with Crippen molar-refractivity contribution in [2.24, 2.45) is 17.6 Å². The first-order chi connectivity index (χ1) is 9.49. The largest absolute Gasteiger partial charge is 0.466 e. The quantitative estimate of drug-likeness (QED) is 0.726. The molecule has 5 heteroatoms. The van der Waals surface area contributed by atoms with Crippen LogP contribution >= 0.6 is 0 Å². The highest BCUT2D eigenvalue weighted by atomic mass is 16.5. The van der Waals surface area contributed by atoms with E-state index in [0.717, 1.165) is 32.1 Å². The van der Waals surface area contributed by atoms with E-state index in [9.17, 15) is 9.59 Å². The van der Waals surface area contributed by atoms with Crippen LogP contribution in [0.25, 0.3) is 0 Å². The zero-order chi connectivity index (χ0) is 15.1. The average molecular weight is 284 g/mol. The van der Waals surface area contributed by atoms with Crippen molar-refractivity contribution in [1.29, 1.82) is 0 Å². The highest BCUT2D eigenvalue weighted by Crippen LogP contribution is 2.25. The van der Waals surface area contributed by atoms with Crippen molar-refractivity contribution < 1.29 is 14.3 Å². The highest BCUT2D eigenvalue weighted by molar-refractivity contribution is 5.82. The summed E-state index contributed by atoms with van der Waals surface area (Å²) < 4.78 is 5.04. The molecule has 3 N–H and O–H groups in total. The highest BCUT2D eigenvalue weighted by Gasteiger charge is 2.29. The van der Waals surface area contributed by atoms with Gasteiger partial charge in [0, 0.05) is 6.04 Å². The lowest BCUT2D eigenvalue weighted by molar-refractivity contribution is -0.149. The Morgan fingerprint density at radius 2 is 1.85 bits per heavy atom. The van der Waals surface area contributed by atoms with E-state index in [0.29, 0.717) is 6.61 Å². The summed E-state index contributed by atoms with van der Waals surface area (Å²) >= 11 is 0. The minimum Gasteiger partial charge on any atom is -0.466 e. The third kappa shape index (κ3) is 4.78. The van der Waals surface area contributed by atoms with Crippen LogP contribution in [0.1, 0.15) is 52.9 Å². The van der Waals surface area contributed by atoms with Gasteiger partial charge in [0.15, 0.2) is 0 Å². The molecule has 0 spiro atoms. The second kappa shape index (κ2) is 8.25. The number of carbonyl (C=O) groups is 2. The van der Waals surface area contributed by atoms with Crippen molar-refractivity contribution in [2.45, 2.75) is 65.0 Å². The van der Waals surface area contributed by atoms with E-state index in [-0.39, 0.29) is 29.8 Å². The second-order valence-corrected chi connectivity index (χ2v) is 5.72. The van der Waals surface area contributed by atoms with Gasteiger partial charge in [-0.05, 0) is 38.5 Å². The molecule has 0 saturated heterocycles. The molecule has 2 unspecified atom stereocenters. The van der Waals surface area contributed by atoms with Crippen LogP contribution in [0, 0.1) is 11.8 Å². The summed E-state index contributed by atoms with van der Waals surface area (Å²) in [5.41, 5.74) is 5.92. The topological polar surface area (TPSA) is 81.4 Å². The Kier molecular flexibility index (Phi) is 6.99. The summed E-state index contributed by atoms with van der Waals surface area (Å²) in [6.45, 7) is 6.27. The van der Waals surface area contributed by atoms with Gasteiger partial charge < -0.3 is 15.8 Å². The molecule has 0 aromatic heterocycles. The van der Waals surface area contributed by atoms with E-state index >= 15 is 0 Å². The maximum absolute atomic E-state index is 12.0. The molecule has 0 aromatic carbocycles. The maximum atomic E-state index is 12.0. The van der Waals surface area contributed by atoms with Crippen LogP contribution in [0.3, 0.4) is 0 Å². The standard InChI is InChI=1S/C15H28N2O3/c1-4-10(3)13(16)14(18)17-12-8-6-11(7-9-12)15(19)20-5-2/h10-13H,4-9,16H2,1-3H3,(H,17,18). The Morgan fingerprint density at radius 3 is 2.35 bits per heavy atom. The number of amides is 1. The van der Waals surface area contributed by atoms with E-state index in [1.54, 1.807) is 0 Å². The van der Waals surface area contributed by atoms with Gasteiger partial charge in [-0.1, -0.05) is 20.3 Å². The molecular formula is C15H28N2O3. The number of hydrogen-bond donors (Lipinski definition) is 2. The van der Waals surface area contributed by atoms with Gasteiger partial charge in [-0.2, -0.15) is 0 Å². The van der Waals surface area contributed by atoms with Crippen LogP contribution in [-0.4, -0.2) is 30.6 Å². The van der Waals surface area contributed by atoms with Gasteiger partial charge in [-0.25, -0.2) is 0 Å². The van der Waals surface area contributed by atoms with Gasteiger partial charge in [0.05, 0.1) is 18.6 Å².